The molecule has 0 unspecified atom stereocenters. The van der Waals surface area contributed by atoms with Crippen molar-refractivity contribution in [1.29, 1.82) is 0 Å². The summed E-state index contributed by atoms with van der Waals surface area (Å²) in [6, 6.07) is 19.4. The molecule has 0 saturated heterocycles. The average molecular weight is 423 g/mol. The third kappa shape index (κ3) is 3.73. The average Bonchev–Trinajstić information content (AvgIpc) is 3.23. The van der Waals surface area contributed by atoms with E-state index in [1.54, 1.807) is 0 Å². The Morgan fingerprint density at radius 1 is 0.938 bits per heavy atom. The van der Waals surface area contributed by atoms with Gasteiger partial charge in [0.05, 0.1) is 5.69 Å². The molecule has 1 N–H and O–H groups in total. The van der Waals surface area contributed by atoms with Gasteiger partial charge in [0.1, 0.15) is 5.82 Å². The minimum absolute atomic E-state index is 0.576. The quantitative estimate of drug-likeness (QED) is 0.424. The normalized spacial score (nSPS) is 17.5. The van der Waals surface area contributed by atoms with Crippen molar-refractivity contribution < 1.29 is 0 Å². The smallest absolute Gasteiger partial charge is 0.131 e. The maximum atomic E-state index is 5.04. The Bertz CT molecular complexity index is 1220. The molecule has 4 nitrogen and oxygen atoms in total. The number of hydrogen-bond donors (Lipinski definition) is 1. The van der Waals surface area contributed by atoms with Crippen LogP contribution in [-0.4, -0.2) is 26.4 Å². The van der Waals surface area contributed by atoms with Crippen LogP contribution in [0.5, 0.6) is 0 Å². The number of aromatic nitrogens is 3. The third-order valence-electron chi connectivity index (χ3n) is 7.26. The van der Waals surface area contributed by atoms with Gasteiger partial charge in [0.25, 0.3) is 0 Å². The molecule has 6 rings (SSSR count). The van der Waals surface area contributed by atoms with Gasteiger partial charge in [-0.05, 0) is 30.0 Å². The van der Waals surface area contributed by atoms with E-state index in [0.717, 1.165) is 31.9 Å². The zero-order chi connectivity index (χ0) is 21.3. The molecular weight excluding hydrogens is 392 g/mol. The van der Waals surface area contributed by atoms with E-state index in [9.17, 15) is 0 Å². The maximum absolute atomic E-state index is 5.04. The van der Waals surface area contributed by atoms with E-state index in [4.69, 9.17) is 9.97 Å². The maximum Gasteiger partial charge on any atom is 0.131 e. The van der Waals surface area contributed by atoms with E-state index < -0.39 is 0 Å². The molecule has 1 saturated carbocycles. The molecule has 3 heterocycles. The minimum Gasteiger partial charge on any atom is -0.354 e. The van der Waals surface area contributed by atoms with Crippen molar-refractivity contribution in [2.45, 2.75) is 57.5 Å². The number of aromatic amines is 1. The van der Waals surface area contributed by atoms with Crippen molar-refractivity contribution >= 4 is 10.9 Å². The fourth-order valence-electron chi connectivity index (χ4n) is 5.52. The lowest BCUT2D eigenvalue weighted by Gasteiger charge is -2.29. The molecule has 2 aromatic heterocycles. The van der Waals surface area contributed by atoms with E-state index in [2.05, 4.69) is 70.7 Å². The highest BCUT2D eigenvalue weighted by atomic mass is 15.1. The van der Waals surface area contributed by atoms with Gasteiger partial charge in [0.2, 0.25) is 0 Å². The van der Waals surface area contributed by atoms with Crippen LogP contribution in [0.15, 0.2) is 60.8 Å². The van der Waals surface area contributed by atoms with Gasteiger partial charge in [-0.1, -0.05) is 67.8 Å². The fraction of sp³-hybridized carbons (Fsp3) is 0.357. The van der Waals surface area contributed by atoms with Crippen LogP contribution in [0.2, 0.25) is 0 Å². The van der Waals surface area contributed by atoms with Crippen molar-refractivity contribution in [3.63, 3.8) is 0 Å². The van der Waals surface area contributed by atoms with Crippen molar-refractivity contribution in [2.24, 2.45) is 0 Å². The molecule has 1 fully saturated rings. The number of nitrogens with zero attached hydrogens (tertiary/aromatic N) is 3. The predicted molar refractivity (Wildman–Crippen MR) is 129 cm³/mol. The lowest BCUT2D eigenvalue weighted by atomic mass is 9.88. The number of fused-ring (bicyclic) bond motifs is 2. The van der Waals surface area contributed by atoms with Crippen LogP contribution in [0.25, 0.3) is 22.2 Å². The molecule has 0 spiro atoms. The molecule has 0 bridgehead atoms. The lowest BCUT2D eigenvalue weighted by Crippen LogP contribution is -2.31. The zero-order valence-corrected chi connectivity index (χ0v) is 18.6. The molecule has 1 aliphatic carbocycles. The topological polar surface area (TPSA) is 44.8 Å². The Kier molecular flexibility index (Phi) is 5.24. The second kappa shape index (κ2) is 8.51. The zero-order valence-electron chi connectivity index (χ0n) is 18.6. The Morgan fingerprint density at radius 3 is 2.62 bits per heavy atom. The minimum atomic E-state index is 0.576. The van der Waals surface area contributed by atoms with Gasteiger partial charge in [-0.15, -0.1) is 0 Å². The van der Waals surface area contributed by atoms with E-state index in [1.807, 2.05) is 0 Å². The van der Waals surface area contributed by atoms with Crippen LogP contribution in [0.4, 0.5) is 0 Å². The lowest BCUT2D eigenvalue weighted by molar-refractivity contribution is 0.243. The molecular formula is C28H30N4. The summed E-state index contributed by atoms with van der Waals surface area (Å²) < 4.78 is 0. The predicted octanol–water partition coefficient (Wildman–Crippen LogP) is 6.23. The van der Waals surface area contributed by atoms with Crippen LogP contribution in [0.1, 0.15) is 60.7 Å². The number of para-hydroxylation sites is 1. The highest BCUT2D eigenvalue weighted by Crippen LogP contribution is 2.34. The van der Waals surface area contributed by atoms with Gasteiger partial charge in [-0.2, -0.15) is 0 Å². The Labute approximate surface area is 189 Å². The highest BCUT2D eigenvalue weighted by molar-refractivity contribution is 5.90. The van der Waals surface area contributed by atoms with Crippen LogP contribution in [0, 0.1) is 0 Å². The van der Waals surface area contributed by atoms with Crippen molar-refractivity contribution in [2.75, 3.05) is 6.54 Å². The summed E-state index contributed by atoms with van der Waals surface area (Å²) in [7, 11) is 0. The Balaban J connectivity index is 1.27. The summed E-state index contributed by atoms with van der Waals surface area (Å²) in [6.07, 6.45) is 9.67. The molecule has 0 atom stereocenters. The first-order chi connectivity index (χ1) is 15.8. The van der Waals surface area contributed by atoms with Gasteiger partial charge < -0.3 is 4.98 Å². The van der Waals surface area contributed by atoms with Crippen LogP contribution in [-0.2, 0) is 19.5 Å². The van der Waals surface area contributed by atoms with Crippen LogP contribution >= 0.6 is 0 Å². The molecule has 2 aromatic carbocycles. The largest absolute Gasteiger partial charge is 0.354 e. The highest BCUT2D eigenvalue weighted by Gasteiger charge is 2.24. The van der Waals surface area contributed by atoms with Gasteiger partial charge in [-0.3, -0.25) is 4.90 Å². The summed E-state index contributed by atoms with van der Waals surface area (Å²) in [5.74, 6) is 1.67. The molecule has 2 aliphatic rings. The Morgan fingerprint density at radius 2 is 1.75 bits per heavy atom. The van der Waals surface area contributed by atoms with Gasteiger partial charge in [0.15, 0.2) is 0 Å². The Hall–Kier alpha value is -2.98. The van der Waals surface area contributed by atoms with E-state index in [0.29, 0.717) is 5.92 Å². The number of rotatable bonds is 4. The summed E-state index contributed by atoms with van der Waals surface area (Å²) >= 11 is 0. The van der Waals surface area contributed by atoms with Crippen molar-refractivity contribution in [3.8, 4) is 11.3 Å². The fourth-order valence-corrected chi connectivity index (χ4v) is 5.52. The molecule has 162 valence electrons. The first kappa shape index (κ1) is 19.7. The number of benzene rings is 2. The van der Waals surface area contributed by atoms with Crippen LogP contribution < -0.4 is 0 Å². The summed E-state index contributed by atoms with van der Waals surface area (Å²) in [5, 5.41) is 1.32. The van der Waals surface area contributed by atoms with E-state index in [1.165, 1.54) is 71.1 Å². The molecule has 0 amide bonds. The summed E-state index contributed by atoms with van der Waals surface area (Å²) in [4.78, 5) is 16.1. The monoisotopic (exact) mass is 422 g/mol. The van der Waals surface area contributed by atoms with Gasteiger partial charge >= 0.3 is 0 Å². The summed E-state index contributed by atoms with van der Waals surface area (Å²) in [6.45, 7) is 2.90. The van der Waals surface area contributed by atoms with Gasteiger partial charge in [0, 0.05) is 60.3 Å². The molecule has 4 aromatic rings. The molecule has 1 aliphatic heterocycles. The first-order valence-electron chi connectivity index (χ1n) is 12.1. The number of hydrogen-bond acceptors (Lipinski definition) is 3. The molecule has 32 heavy (non-hydrogen) atoms. The number of H-pyrrole nitrogens is 1. The van der Waals surface area contributed by atoms with E-state index in [-0.39, 0.29) is 0 Å². The van der Waals surface area contributed by atoms with Crippen molar-refractivity contribution in [1.82, 2.24) is 19.9 Å². The first-order valence-corrected chi connectivity index (χ1v) is 12.1. The second-order valence-corrected chi connectivity index (χ2v) is 9.39. The van der Waals surface area contributed by atoms with E-state index >= 15 is 0 Å². The van der Waals surface area contributed by atoms with Crippen LogP contribution in [0.3, 0.4) is 0 Å². The SMILES string of the molecule is c1ccc(-c2[nH]c3ccccc3c2CN2CCc3nc(C4CCCCC4)ncc3C2)cc1. The number of nitrogens with one attached hydrogen (secondary N) is 1. The second-order valence-electron chi connectivity index (χ2n) is 9.39. The third-order valence-corrected chi connectivity index (χ3v) is 7.26. The van der Waals surface area contributed by atoms with Gasteiger partial charge in [-0.25, -0.2) is 9.97 Å². The molecule has 0 radical (unpaired) electrons. The molecule has 4 heteroatoms. The summed E-state index contributed by atoms with van der Waals surface area (Å²) in [5.41, 5.74) is 7.66. The van der Waals surface area contributed by atoms with Crippen molar-refractivity contribution in [3.05, 3.63) is 83.4 Å². The standard InChI is InChI=1S/C28H30N4/c1-3-9-20(10-4-1)27-24(23-13-7-8-14-26(23)30-27)19-32-16-15-25-22(18-32)17-29-28(31-25)21-11-5-2-6-12-21/h1,3-4,7-10,13-14,17,21,30H,2,5-6,11-12,15-16,18-19H2.